The SMILES string of the molecule is CCOC(=O)c1cc(OC)c(OCC(F)(F)F)cc1[N+](=O)[O-]. The van der Waals surface area contributed by atoms with Gasteiger partial charge in [-0.1, -0.05) is 0 Å². The van der Waals surface area contributed by atoms with E-state index in [9.17, 15) is 28.1 Å². The summed E-state index contributed by atoms with van der Waals surface area (Å²) in [6.45, 7) is -0.175. The monoisotopic (exact) mass is 323 g/mol. The lowest BCUT2D eigenvalue weighted by molar-refractivity contribution is -0.385. The molecule has 10 heteroatoms. The smallest absolute Gasteiger partial charge is 0.422 e. The number of ether oxygens (including phenoxy) is 3. The van der Waals surface area contributed by atoms with Crippen molar-refractivity contribution in [3.63, 3.8) is 0 Å². The van der Waals surface area contributed by atoms with Crippen molar-refractivity contribution in [2.75, 3.05) is 20.3 Å². The standard InChI is InChI=1S/C12H12F3NO6/c1-3-21-11(17)7-4-9(20-2)10(5-8(7)16(18)19)22-6-12(13,14)15/h4-5H,3,6H2,1-2H3. The van der Waals surface area contributed by atoms with Gasteiger partial charge < -0.3 is 14.2 Å². The molecule has 0 N–H and O–H groups in total. The number of esters is 1. The van der Waals surface area contributed by atoms with E-state index in [0.717, 1.165) is 13.2 Å². The van der Waals surface area contributed by atoms with Crippen molar-refractivity contribution < 1.29 is 37.1 Å². The Morgan fingerprint density at radius 2 is 1.95 bits per heavy atom. The maximum Gasteiger partial charge on any atom is 0.422 e. The van der Waals surface area contributed by atoms with E-state index in [4.69, 9.17) is 4.74 Å². The van der Waals surface area contributed by atoms with Crippen LogP contribution in [0.25, 0.3) is 0 Å². The highest BCUT2D eigenvalue weighted by Gasteiger charge is 2.31. The number of alkyl halides is 3. The van der Waals surface area contributed by atoms with Crippen LogP contribution in [0.4, 0.5) is 18.9 Å². The molecule has 0 spiro atoms. The third kappa shape index (κ3) is 4.50. The van der Waals surface area contributed by atoms with Crippen molar-refractivity contribution in [1.82, 2.24) is 0 Å². The van der Waals surface area contributed by atoms with Crippen molar-refractivity contribution in [1.29, 1.82) is 0 Å². The van der Waals surface area contributed by atoms with Crippen molar-refractivity contribution in [3.05, 3.63) is 27.8 Å². The quantitative estimate of drug-likeness (QED) is 0.454. The van der Waals surface area contributed by atoms with Crippen LogP contribution < -0.4 is 9.47 Å². The molecule has 1 aromatic carbocycles. The van der Waals surface area contributed by atoms with Crippen molar-refractivity contribution in [2.45, 2.75) is 13.1 Å². The van der Waals surface area contributed by atoms with Gasteiger partial charge in [0.2, 0.25) is 0 Å². The number of nitro benzene ring substituents is 1. The predicted molar refractivity (Wildman–Crippen MR) is 67.2 cm³/mol. The zero-order valence-corrected chi connectivity index (χ0v) is 11.6. The van der Waals surface area contributed by atoms with E-state index in [0.29, 0.717) is 6.07 Å². The van der Waals surface area contributed by atoms with Crippen molar-refractivity contribution >= 4 is 11.7 Å². The summed E-state index contributed by atoms with van der Waals surface area (Å²) in [7, 11) is 1.12. The molecular weight excluding hydrogens is 311 g/mol. The van der Waals surface area contributed by atoms with E-state index >= 15 is 0 Å². The van der Waals surface area contributed by atoms with E-state index in [2.05, 4.69) is 9.47 Å². The summed E-state index contributed by atoms with van der Waals surface area (Å²) in [6, 6.07) is 1.60. The first-order valence-electron chi connectivity index (χ1n) is 5.92. The zero-order chi connectivity index (χ0) is 16.9. The van der Waals surface area contributed by atoms with Gasteiger partial charge in [-0.3, -0.25) is 10.1 Å². The Hall–Kier alpha value is -2.52. The van der Waals surface area contributed by atoms with Gasteiger partial charge in [-0.05, 0) is 6.92 Å². The van der Waals surface area contributed by atoms with Gasteiger partial charge in [0.1, 0.15) is 5.56 Å². The molecule has 1 aromatic rings. The number of halogens is 3. The van der Waals surface area contributed by atoms with E-state index < -0.39 is 40.7 Å². The molecule has 0 heterocycles. The summed E-state index contributed by atoms with van der Waals surface area (Å²) in [6.07, 6.45) is -4.63. The first-order valence-corrected chi connectivity index (χ1v) is 5.92. The van der Waals surface area contributed by atoms with Crippen LogP contribution in [-0.2, 0) is 4.74 Å². The summed E-state index contributed by atoms with van der Waals surface area (Å²) < 4.78 is 50.4. The summed E-state index contributed by atoms with van der Waals surface area (Å²) in [5.74, 6) is -1.74. The van der Waals surface area contributed by atoms with Crippen LogP contribution in [0.15, 0.2) is 12.1 Å². The number of hydrogen-bond acceptors (Lipinski definition) is 6. The fourth-order valence-corrected chi connectivity index (χ4v) is 1.50. The summed E-state index contributed by atoms with van der Waals surface area (Å²) >= 11 is 0. The molecule has 0 saturated heterocycles. The molecule has 0 aliphatic carbocycles. The number of methoxy groups -OCH3 is 1. The lowest BCUT2D eigenvalue weighted by atomic mass is 10.1. The molecule has 0 aromatic heterocycles. The second-order valence-corrected chi connectivity index (χ2v) is 3.90. The minimum atomic E-state index is -4.63. The third-order valence-electron chi connectivity index (χ3n) is 2.37. The molecule has 1 rings (SSSR count). The van der Waals surface area contributed by atoms with Crippen molar-refractivity contribution in [3.8, 4) is 11.5 Å². The van der Waals surface area contributed by atoms with Crippen LogP contribution in [0.1, 0.15) is 17.3 Å². The Kier molecular flexibility index (Phi) is 5.55. The summed E-state index contributed by atoms with van der Waals surface area (Å²) in [4.78, 5) is 21.7. The normalized spacial score (nSPS) is 11.0. The van der Waals surface area contributed by atoms with E-state index in [1.807, 2.05) is 0 Å². The Labute approximate surface area is 122 Å². The van der Waals surface area contributed by atoms with E-state index in [-0.39, 0.29) is 12.4 Å². The number of rotatable bonds is 6. The van der Waals surface area contributed by atoms with Crippen LogP contribution >= 0.6 is 0 Å². The number of carbonyl (C=O) groups excluding carboxylic acids is 1. The van der Waals surface area contributed by atoms with Gasteiger partial charge in [-0.15, -0.1) is 0 Å². The van der Waals surface area contributed by atoms with Gasteiger partial charge in [0.15, 0.2) is 18.1 Å². The van der Waals surface area contributed by atoms with Crippen molar-refractivity contribution in [2.24, 2.45) is 0 Å². The average Bonchev–Trinajstić information content (AvgIpc) is 2.43. The molecule has 22 heavy (non-hydrogen) atoms. The van der Waals surface area contributed by atoms with Gasteiger partial charge in [-0.25, -0.2) is 4.79 Å². The molecule has 122 valence electrons. The van der Waals surface area contributed by atoms with Gasteiger partial charge >= 0.3 is 12.1 Å². The molecule has 0 radical (unpaired) electrons. The lowest BCUT2D eigenvalue weighted by Crippen LogP contribution is -2.19. The molecule has 7 nitrogen and oxygen atoms in total. The molecule has 0 atom stereocenters. The highest BCUT2D eigenvalue weighted by Crippen LogP contribution is 2.36. The molecular formula is C12H12F3NO6. The Balaban J connectivity index is 3.27. The highest BCUT2D eigenvalue weighted by molar-refractivity contribution is 5.95. The number of benzene rings is 1. The van der Waals surface area contributed by atoms with E-state index in [1.165, 1.54) is 6.92 Å². The molecule has 0 fully saturated rings. The largest absolute Gasteiger partial charge is 0.493 e. The Morgan fingerprint density at radius 3 is 2.41 bits per heavy atom. The maximum absolute atomic E-state index is 12.2. The second kappa shape index (κ2) is 6.96. The number of nitrogens with zero attached hydrogens (tertiary/aromatic N) is 1. The highest BCUT2D eigenvalue weighted by atomic mass is 19.4. The van der Waals surface area contributed by atoms with Crippen LogP contribution in [0, 0.1) is 10.1 Å². The lowest BCUT2D eigenvalue weighted by Gasteiger charge is -2.13. The maximum atomic E-state index is 12.2. The third-order valence-corrected chi connectivity index (χ3v) is 2.37. The fraction of sp³-hybridized carbons (Fsp3) is 0.417. The topological polar surface area (TPSA) is 87.9 Å². The first kappa shape index (κ1) is 17.5. The predicted octanol–water partition coefficient (Wildman–Crippen LogP) is 2.72. The minimum absolute atomic E-state index is 0.0232. The minimum Gasteiger partial charge on any atom is -0.493 e. The van der Waals surface area contributed by atoms with Crippen LogP contribution in [0.3, 0.4) is 0 Å². The molecule has 0 unspecified atom stereocenters. The van der Waals surface area contributed by atoms with Crippen LogP contribution in [0.5, 0.6) is 11.5 Å². The Morgan fingerprint density at radius 1 is 1.32 bits per heavy atom. The molecule has 0 saturated carbocycles. The van der Waals surface area contributed by atoms with Gasteiger partial charge in [0, 0.05) is 6.07 Å². The number of carbonyl (C=O) groups is 1. The Bertz CT molecular complexity index is 573. The van der Waals surface area contributed by atoms with Crippen LogP contribution in [-0.4, -0.2) is 37.4 Å². The van der Waals surface area contributed by atoms with Gasteiger partial charge in [-0.2, -0.15) is 13.2 Å². The number of nitro groups is 1. The van der Waals surface area contributed by atoms with Gasteiger partial charge in [0.25, 0.3) is 5.69 Å². The molecule has 0 bridgehead atoms. The summed E-state index contributed by atoms with van der Waals surface area (Å²) in [5, 5.41) is 11.0. The first-order chi connectivity index (χ1) is 10.2. The average molecular weight is 323 g/mol. The molecule has 0 amide bonds. The zero-order valence-electron chi connectivity index (χ0n) is 11.6. The van der Waals surface area contributed by atoms with Gasteiger partial charge in [0.05, 0.1) is 24.7 Å². The fourth-order valence-electron chi connectivity index (χ4n) is 1.50. The van der Waals surface area contributed by atoms with Crippen LogP contribution in [0.2, 0.25) is 0 Å². The number of hydrogen-bond donors (Lipinski definition) is 0. The second-order valence-electron chi connectivity index (χ2n) is 3.90. The van der Waals surface area contributed by atoms with E-state index in [1.54, 1.807) is 0 Å². The molecule has 0 aliphatic rings. The summed E-state index contributed by atoms with van der Waals surface area (Å²) in [5.41, 5.74) is -1.18. The molecule has 0 aliphatic heterocycles.